The molecule has 2 saturated carbocycles. The van der Waals surface area contributed by atoms with Gasteiger partial charge in [0, 0.05) is 18.1 Å². The molecule has 0 spiro atoms. The molecule has 0 heterocycles. The van der Waals surface area contributed by atoms with Crippen molar-refractivity contribution in [3.05, 3.63) is 0 Å². The van der Waals surface area contributed by atoms with Crippen molar-refractivity contribution in [1.82, 2.24) is 10.2 Å². The average Bonchev–Trinajstić information content (AvgIpc) is 2.39. The van der Waals surface area contributed by atoms with Crippen LogP contribution in [0.25, 0.3) is 0 Å². The maximum absolute atomic E-state index is 3.47. The van der Waals surface area contributed by atoms with Crippen LogP contribution in [-0.4, -0.2) is 37.1 Å². The van der Waals surface area contributed by atoms with Gasteiger partial charge >= 0.3 is 0 Å². The number of rotatable bonds is 3. The topological polar surface area (TPSA) is 15.3 Å². The maximum atomic E-state index is 3.47. The van der Waals surface area contributed by atoms with Gasteiger partial charge in [-0.15, -0.1) is 0 Å². The van der Waals surface area contributed by atoms with Crippen molar-refractivity contribution in [3.8, 4) is 0 Å². The molecular weight excluding hydrogens is 196 g/mol. The Hall–Kier alpha value is -0.0800. The van der Waals surface area contributed by atoms with Crippen molar-refractivity contribution >= 4 is 0 Å². The minimum atomic E-state index is 0.768. The number of hydrogen-bond donors (Lipinski definition) is 1. The average molecular weight is 224 g/mol. The summed E-state index contributed by atoms with van der Waals surface area (Å²) in [6, 6.07) is 2.49. The van der Waals surface area contributed by atoms with Gasteiger partial charge in [0.05, 0.1) is 0 Å². The second-order valence-electron chi connectivity index (χ2n) is 5.76. The van der Waals surface area contributed by atoms with E-state index in [1.807, 2.05) is 0 Å². The van der Waals surface area contributed by atoms with Crippen LogP contribution in [0.15, 0.2) is 0 Å². The SMILES string of the molecule is CNC1CCCC(N(C)C2CCCCC2)C1. The Kier molecular flexibility index (Phi) is 4.66. The second-order valence-corrected chi connectivity index (χ2v) is 5.76. The molecule has 2 aliphatic carbocycles. The monoisotopic (exact) mass is 224 g/mol. The summed E-state index contributed by atoms with van der Waals surface area (Å²) in [4.78, 5) is 2.71. The number of hydrogen-bond acceptors (Lipinski definition) is 2. The van der Waals surface area contributed by atoms with Crippen LogP contribution in [0.5, 0.6) is 0 Å². The molecule has 2 atom stereocenters. The lowest BCUT2D eigenvalue weighted by Crippen LogP contribution is -2.46. The van der Waals surface area contributed by atoms with Crippen LogP contribution >= 0.6 is 0 Å². The highest BCUT2D eigenvalue weighted by Gasteiger charge is 2.28. The third-order valence-corrected chi connectivity index (χ3v) is 4.78. The Morgan fingerprint density at radius 3 is 2.25 bits per heavy atom. The zero-order valence-electron chi connectivity index (χ0n) is 11.0. The third-order valence-electron chi connectivity index (χ3n) is 4.78. The molecule has 16 heavy (non-hydrogen) atoms. The summed E-state index contributed by atoms with van der Waals surface area (Å²) in [5.74, 6) is 0. The molecular formula is C14H28N2. The second kappa shape index (κ2) is 6.02. The van der Waals surface area contributed by atoms with E-state index < -0.39 is 0 Å². The molecule has 2 nitrogen and oxygen atoms in total. The van der Waals surface area contributed by atoms with Crippen LogP contribution in [0.3, 0.4) is 0 Å². The molecule has 2 aliphatic rings. The Morgan fingerprint density at radius 2 is 1.56 bits per heavy atom. The van der Waals surface area contributed by atoms with Gasteiger partial charge < -0.3 is 10.2 Å². The van der Waals surface area contributed by atoms with Gasteiger partial charge in [0.2, 0.25) is 0 Å². The summed E-state index contributed by atoms with van der Waals surface area (Å²) >= 11 is 0. The van der Waals surface area contributed by atoms with Gasteiger partial charge in [0.1, 0.15) is 0 Å². The van der Waals surface area contributed by atoms with E-state index in [0.29, 0.717) is 0 Å². The molecule has 0 aromatic carbocycles. The van der Waals surface area contributed by atoms with Crippen molar-refractivity contribution in [2.24, 2.45) is 0 Å². The third kappa shape index (κ3) is 2.98. The molecule has 0 aromatic heterocycles. The summed E-state index contributed by atoms with van der Waals surface area (Å²) in [5, 5.41) is 3.47. The van der Waals surface area contributed by atoms with Crippen LogP contribution < -0.4 is 5.32 Å². The predicted molar refractivity (Wildman–Crippen MR) is 69.7 cm³/mol. The lowest BCUT2D eigenvalue weighted by Gasteiger charge is -2.41. The fourth-order valence-electron chi connectivity index (χ4n) is 3.58. The summed E-state index contributed by atoms with van der Waals surface area (Å²) < 4.78 is 0. The first-order valence-electron chi connectivity index (χ1n) is 7.20. The summed E-state index contributed by atoms with van der Waals surface area (Å²) in [5.41, 5.74) is 0. The molecule has 0 aromatic rings. The largest absolute Gasteiger partial charge is 0.317 e. The highest BCUT2D eigenvalue weighted by molar-refractivity contribution is 4.86. The van der Waals surface area contributed by atoms with Crippen molar-refractivity contribution in [2.45, 2.75) is 75.9 Å². The molecule has 2 rings (SSSR count). The van der Waals surface area contributed by atoms with Crippen LogP contribution in [0.1, 0.15) is 57.8 Å². The first-order chi connectivity index (χ1) is 7.81. The summed E-state index contributed by atoms with van der Waals surface area (Å²) in [7, 11) is 4.49. The molecule has 0 saturated heterocycles. The van der Waals surface area contributed by atoms with E-state index in [9.17, 15) is 0 Å². The van der Waals surface area contributed by atoms with Crippen molar-refractivity contribution < 1.29 is 0 Å². The zero-order chi connectivity index (χ0) is 11.4. The van der Waals surface area contributed by atoms with E-state index in [1.165, 1.54) is 57.8 Å². The quantitative estimate of drug-likeness (QED) is 0.793. The molecule has 2 heteroatoms. The molecule has 94 valence electrons. The highest BCUT2D eigenvalue weighted by atomic mass is 15.2. The Labute approximate surface area is 101 Å². The van der Waals surface area contributed by atoms with Gasteiger partial charge in [-0.2, -0.15) is 0 Å². The standard InChI is InChI=1S/C14H28N2/c1-15-12-7-6-10-14(11-12)16(2)13-8-4-3-5-9-13/h12-15H,3-11H2,1-2H3. The fourth-order valence-corrected chi connectivity index (χ4v) is 3.58. The van der Waals surface area contributed by atoms with Gasteiger partial charge in [0.15, 0.2) is 0 Å². The van der Waals surface area contributed by atoms with Crippen molar-refractivity contribution in [2.75, 3.05) is 14.1 Å². The van der Waals surface area contributed by atoms with Gasteiger partial charge in [0.25, 0.3) is 0 Å². The lowest BCUT2D eigenvalue weighted by atomic mass is 9.87. The first-order valence-corrected chi connectivity index (χ1v) is 7.20. The molecule has 0 bridgehead atoms. The van der Waals surface area contributed by atoms with E-state index in [-0.39, 0.29) is 0 Å². The van der Waals surface area contributed by atoms with Gasteiger partial charge in [-0.1, -0.05) is 25.7 Å². The van der Waals surface area contributed by atoms with E-state index >= 15 is 0 Å². The lowest BCUT2D eigenvalue weighted by molar-refractivity contribution is 0.101. The van der Waals surface area contributed by atoms with Crippen LogP contribution in [0.2, 0.25) is 0 Å². The summed E-state index contributed by atoms with van der Waals surface area (Å²) in [6.45, 7) is 0. The van der Waals surface area contributed by atoms with Gasteiger partial charge in [-0.25, -0.2) is 0 Å². The maximum Gasteiger partial charge on any atom is 0.0110 e. The van der Waals surface area contributed by atoms with E-state index in [4.69, 9.17) is 0 Å². The fraction of sp³-hybridized carbons (Fsp3) is 1.00. The van der Waals surface area contributed by atoms with Crippen LogP contribution in [0, 0.1) is 0 Å². The van der Waals surface area contributed by atoms with E-state index in [1.54, 1.807) is 0 Å². The van der Waals surface area contributed by atoms with E-state index in [0.717, 1.165) is 18.1 Å². The first kappa shape index (κ1) is 12.4. The molecule has 0 aliphatic heterocycles. The Balaban J connectivity index is 1.84. The highest BCUT2D eigenvalue weighted by Crippen LogP contribution is 2.28. The molecule has 2 fully saturated rings. The summed E-state index contributed by atoms with van der Waals surface area (Å²) in [6.07, 6.45) is 12.8. The number of nitrogens with one attached hydrogen (secondary N) is 1. The zero-order valence-corrected chi connectivity index (χ0v) is 11.0. The van der Waals surface area contributed by atoms with Crippen molar-refractivity contribution in [3.63, 3.8) is 0 Å². The Bertz CT molecular complexity index is 199. The normalized spacial score (nSPS) is 33.2. The molecule has 2 unspecified atom stereocenters. The van der Waals surface area contributed by atoms with Crippen LogP contribution in [-0.2, 0) is 0 Å². The molecule has 0 radical (unpaired) electrons. The predicted octanol–water partition coefficient (Wildman–Crippen LogP) is 2.78. The smallest absolute Gasteiger partial charge is 0.0110 e. The number of nitrogens with zero attached hydrogens (tertiary/aromatic N) is 1. The van der Waals surface area contributed by atoms with Crippen molar-refractivity contribution in [1.29, 1.82) is 0 Å². The van der Waals surface area contributed by atoms with Gasteiger partial charge in [-0.05, 0) is 46.2 Å². The van der Waals surface area contributed by atoms with Gasteiger partial charge in [-0.3, -0.25) is 0 Å². The Morgan fingerprint density at radius 1 is 0.875 bits per heavy atom. The van der Waals surface area contributed by atoms with E-state index in [2.05, 4.69) is 24.3 Å². The minimum absolute atomic E-state index is 0.768. The minimum Gasteiger partial charge on any atom is -0.317 e. The molecule has 1 N–H and O–H groups in total. The van der Waals surface area contributed by atoms with Crippen LogP contribution in [0.4, 0.5) is 0 Å². The molecule has 0 amide bonds.